The first-order valence-corrected chi connectivity index (χ1v) is 8.70. The molecule has 0 spiro atoms. The van der Waals surface area contributed by atoms with E-state index < -0.39 is 15.7 Å². The Hall–Kier alpha value is -1.23. The average Bonchev–Trinajstić information content (AvgIpc) is 2.41. The predicted molar refractivity (Wildman–Crippen MR) is 81.6 cm³/mol. The van der Waals surface area contributed by atoms with Gasteiger partial charge in [0, 0.05) is 11.8 Å². The second-order valence-corrected chi connectivity index (χ2v) is 5.57. The van der Waals surface area contributed by atoms with Crippen molar-refractivity contribution in [3.8, 4) is 0 Å². The van der Waals surface area contributed by atoms with Gasteiger partial charge in [-0.05, 0) is 31.0 Å². The van der Waals surface area contributed by atoms with E-state index in [1.807, 2.05) is 27.7 Å². The summed E-state index contributed by atoms with van der Waals surface area (Å²) in [6, 6.07) is 2.50. The van der Waals surface area contributed by atoms with Crippen molar-refractivity contribution in [2.45, 2.75) is 52.9 Å². The van der Waals surface area contributed by atoms with Crippen LogP contribution in [-0.4, -0.2) is 20.5 Å². The summed E-state index contributed by atoms with van der Waals surface area (Å²) in [6.45, 7) is 11.0. The molecule has 0 radical (unpaired) electrons. The molecule has 0 aliphatic heterocycles. The Balaban J connectivity index is 0. The van der Waals surface area contributed by atoms with Crippen molar-refractivity contribution >= 4 is 15.6 Å². The summed E-state index contributed by atoms with van der Waals surface area (Å²) in [4.78, 5) is 10.9. The molecule has 0 aliphatic carbocycles. The summed E-state index contributed by atoms with van der Waals surface area (Å²) < 4.78 is 36.4. The summed E-state index contributed by atoms with van der Waals surface area (Å²) in [6.07, 6.45) is 1.22. The number of carbonyl (C=O) groups excluding carboxylic acids is 1. The average molecular weight is 304 g/mol. The van der Waals surface area contributed by atoms with Gasteiger partial charge in [-0.1, -0.05) is 34.6 Å². The summed E-state index contributed by atoms with van der Waals surface area (Å²) in [5.41, 5.74) is 0.405. The molecular weight excluding hydrogens is 279 g/mol. The molecule has 20 heavy (non-hydrogen) atoms. The van der Waals surface area contributed by atoms with Crippen LogP contribution in [0.5, 0.6) is 0 Å². The van der Waals surface area contributed by atoms with Crippen molar-refractivity contribution in [3.63, 3.8) is 0 Å². The van der Waals surface area contributed by atoms with Gasteiger partial charge in [0.2, 0.25) is 0 Å². The zero-order valence-electron chi connectivity index (χ0n) is 13.4. The van der Waals surface area contributed by atoms with Gasteiger partial charge in [-0.2, -0.15) is 0 Å². The van der Waals surface area contributed by atoms with Gasteiger partial charge in [-0.25, -0.2) is 12.8 Å². The molecule has 116 valence electrons. The second-order valence-electron chi connectivity index (χ2n) is 3.59. The van der Waals surface area contributed by atoms with Gasteiger partial charge in [-0.3, -0.25) is 4.79 Å². The van der Waals surface area contributed by atoms with Crippen LogP contribution in [0.2, 0.25) is 0 Å². The molecule has 0 saturated heterocycles. The molecule has 0 aliphatic rings. The number of carbonyl (C=O) groups is 1. The number of rotatable bonds is 3. The number of hydrogen-bond donors (Lipinski definition) is 0. The molecule has 0 fully saturated rings. The standard InChI is InChI=1S/C11H13FO3S.2C2H6/c1-4-8-9(7(2)13)5-6-10(11(8)12)16(3,14)15;2*1-2/h5-6H,4H2,1-3H3;2*1-2H3. The molecule has 1 aromatic carbocycles. The Morgan fingerprint density at radius 1 is 1.15 bits per heavy atom. The Bertz CT molecular complexity index is 534. The first kappa shape index (κ1) is 21.1. The van der Waals surface area contributed by atoms with Gasteiger partial charge in [0.05, 0.1) is 0 Å². The van der Waals surface area contributed by atoms with Crippen LogP contribution in [0, 0.1) is 5.82 Å². The van der Waals surface area contributed by atoms with E-state index in [2.05, 4.69) is 0 Å². The van der Waals surface area contributed by atoms with E-state index >= 15 is 0 Å². The van der Waals surface area contributed by atoms with Crippen LogP contribution in [0.25, 0.3) is 0 Å². The van der Waals surface area contributed by atoms with E-state index in [0.29, 0.717) is 0 Å². The highest BCUT2D eigenvalue weighted by Gasteiger charge is 2.20. The summed E-state index contributed by atoms with van der Waals surface area (Å²) in [5, 5.41) is 0. The summed E-state index contributed by atoms with van der Waals surface area (Å²) >= 11 is 0. The van der Waals surface area contributed by atoms with Crippen molar-refractivity contribution in [1.29, 1.82) is 0 Å². The van der Waals surface area contributed by atoms with Crippen molar-refractivity contribution in [3.05, 3.63) is 29.1 Å². The van der Waals surface area contributed by atoms with Gasteiger partial charge < -0.3 is 0 Å². The third-order valence-corrected chi connectivity index (χ3v) is 3.45. The molecule has 0 bridgehead atoms. The molecule has 0 heterocycles. The number of ketones is 1. The van der Waals surface area contributed by atoms with E-state index in [1.54, 1.807) is 6.92 Å². The molecule has 5 heteroatoms. The highest BCUT2D eigenvalue weighted by Crippen LogP contribution is 2.22. The zero-order chi connectivity index (χ0) is 16.5. The second kappa shape index (κ2) is 9.64. The van der Waals surface area contributed by atoms with Gasteiger partial charge in [0.15, 0.2) is 15.6 Å². The fourth-order valence-electron chi connectivity index (χ4n) is 1.56. The Labute approximate surface area is 122 Å². The molecule has 1 rings (SSSR count). The van der Waals surface area contributed by atoms with Crippen LogP contribution >= 0.6 is 0 Å². The van der Waals surface area contributed by atoms with Gasteiger partial charge >= 0.3 is 0 Å². The van der Waals surface area contributed by atoms with Gasteiger partial charge in [0.1, 0.15) is 10.7 Å². The number of Topliss-reactive ketones (excluding diaryl/α,β-unsaturated/α-hetero) is 1. The third-order valence-electron chi connectivity index (χ3n) is 2.34. The van der Waals surface area contributed by atoms with E-state index in [0.717, 1.165) is 12.3 Å². The maximum absolute atomic E-state index is 13.9. The number of sulfone groups is 1. The van der Waals surface area contributed by atoms with Crippen molar-refractivity contribution in [1.82, 2.24) is 0 Å². The van der Waals surface area contributed by atoms with Crippen molar-refractivity contribution in [2.75, 3.05) is 6.26 Å². The molecule has 0 saturated carbocycles. The van der Waals surface area contributed by atoms with Gasteiger partial charge in [0.25, 0.3) is 0 Å². The molecule has 0 aromatic heterocycles. The van der Waals surface area contributed by atoms with Gasteiger partial charge in [-0.15, -0.1) is 0 Å². The first-order chi connectivity index (χ1) is 9.29. The molecule has 0 atom stereocenters. The van der Waals surface area contributed by atoms with Crippen LogP contribution < -0.4 is 0 Å². The minimum atomic E-state index is -3.59. The Morgan fingerprint density at radius 2 is 1.60 bits per heavy atom. The number of hydrogen-bond acceptors (Lipinski definition) is 3. The molecule has 3 nitrogen and oxygen atoms in total. The third kappa shape index (κ3) is 5.41. The Kier molecular flexibility index (Phi) is 10.2. The zero-order valence-corrected chi connectivity index (χ0v) is 14.2. The fourth-order valence-corrected chi connectivity index (χ4v) is 2.33. The highest BCUT2D eigenvalue weighted by atomic mass is 32.2. The van der Waals surface area contributed by atoms with Crippen LogP contribution in [0.3, 0.4) is 0 Å². The van der Waals surface area contributed by atoms with E-state index in [1.165, 1.54) is 13.0 Å². The van der Waals surface area contributed by atoms with Crippen LogP contribution in [0.1, 0.15) is 57.5 Å². The predicted octanol–water partition coefficient (Wildman–Crippen LogP) is 4.05. The minimum absolute atomic E-state index is 0.162. The monoisotopic (exact) mass is 304 g/mol. The topological polar surface area (TPSA) is 51.2 Å². The van der Waals surface area contributed by atoms with E-state index in [4.69, 9.17) is 0 Å². The SMILES string of the molecule is CC.CC.CCc1c(C(C)=O)ccc(S(C)(=O)=O)c1F. The number of halogens is 1. The van der Waals surface area contributed by atoms with E-state index in [-0.39, 0.29) is 28.2 Å². The lowest BCUT2D eigenvalue weighted by Gasteiger charge is -2.09. The highest BCUT2D eigenvalue weighted by molar-refractivity contribution is 7.90. The minimum Gasteiger partial charge on any atom is -0.294 e. The quantitative estimate of drug-likeness (QED) is 0.792. The molecule has 1 aromatic rings. The van der Waals surface area contributed by atoms with E-state index in [9.17, 15) is 17.6 Å². The van der Waals surface area contributed by atoms with Crippen LogP contribution in [-0.2, 0) is 16.3 Å². The molecule has 0 amide bonds. The van der Waals surface area contributed by atoms with Crippen LogP contribution in [0.4, 0.5) is 4.39 Å². The first-order valence-electron chi connectivity index (χ1n) is 6.81. The largest absolute Gasteiger partial charge is 0.294 e. The lowest BCUT2D eigenvalue weighted by molar-refractivity contribution is 0.101. The van der Waals surface area contributed by atoms with Crippen molar-refractivity contribution < 1.29 is 17.6 Å². The normalized spacial score (nSPS) is 9.80. The molecule has 0 N–H and O–H groups in total. The fraction of sp³-hybridized carbons (Fsp3) is 0.533. The lowest BCUT2D eigenvalue weighted by atomic mass is 10.0. The number of benzene rings is 1. The molecule has 0 unspecified atom stereocenters. The molecular formula is C15H25FO3S. The summed E-state index contributed by atoms with van der Waals surface area (Å²) in [7, 11) is -3.59. The maximum atomic E-state index is 13.9. The summed E-state index contributed by atoms with van der Waals surface area (Å²) in [5.74, 6) is -1.08. The smallest absolute Gasteiger partial charge is 0.178 e. The lowest BCUT2D eigenvalue weighted by Crippen LogP contribution is -2.08. The van der Waals surface area contributed by atoms with Crippen LogP contribution in [0.15, 0.2) is 17.0 Å². The Morgan fingerprint density at radius 3 is 1.90 bits per heavy atom. The van der Waals surface area contributed by atoms with Crippen molar-refractivity contribution in [2.24, 2.45) is 0 Å². The maximum Gasteiger partial charge on any atom is 0.178 e.